The minimum atomic E-state index is -3.00. The Labute approximate surface area is 165 Å². The molecule has 1 aliphatic rings. The van der Waals surface area contributed by atoms with Crippen LogP contribution in [0.4, 0.5) is 0 Å². The molecule has 0 unspecified atom stereocenters. The van der Waals surface area contributed by atoms with Crippen molar-refractivity contribution in [1.29, 1.82) is 0 Å². The smallest absolute Gasteiger partial charge is 0.254 e. The monoisotopic (exact) mass is 400 g/mol. The molecule has 0 aromatic heterocycles. The van der Waals surface area contributed by atoms with Crippen molar-refractivity contribution in [2.45, 2.75) is 0 Å². The van der Waals surface area contributed by atoms with Crippen molar-refractivity contribution >= 4 is 21.5 Å². The first-order valence-corrected chi connectivity index (χ1v) is 11.3. The predicted octanol–water partition coefficient (Wildman–Crippen LogP) is 1.72. The van der Waals surface area contributed by atoms with Crippen molar-refractivity contribution in [3.05, 3.63) is 71.3 Å². The van der Waals surface area contributed by atoms with E-state index in [1.165, 1.54) is 6.26 Å². The van der Waals surface area contributed by atoms with Gasteiger partial charge in [-0.15, -0.1) is 0 Å². The Morgan fingerprint density at radius 1 is 0.857 bits per heavy atom. The molecule has 7 heteroatoms. The molecule has 1 heterocycles. The highest BCUT2D eigenvalue weighted by Crippen LogP contribution is 2.18. The van der Waals surface area contributed by atoms with Gasteiger partial charge in [0.2, 0.25) is 0 Å². The van der Waals surface area contributed by atoms with Crippen molar-refractivity contribution in [2.75, 3.05) is 44.7 Å². The zero-order valence-electron chi connectivity index (χ0n) is 15.9. The van der Waals surface area contributed by atoms with Crippen LogP contribution in [-0.4, -0.2) is 74.6 Å². The van der Waals surface area contributed by atoms with Gasteiger partial charge in [-0.2, -0.15) is 0 Å². The van der Waals surface area contributed by atoms with Gasteiger partial charge in [0.1, 0.15) is 9.84 Å². The van der Waals surface area contributed by atoms with Crippen LogP contribution in [0.3, 0.4) is 0 Å². The summed E-state index contributed by atoms with van der Waals surface area (Å²) in [5.74, 6) is -0.214. The summed E-state index contributed by atoms with van der Waals surface area (Å²) in [5, 5.41) is 0. The molecule has 0 atom stereocenters. The van der Waals surface area contributed by atoms with Crippen LogP contribution in [0.2, 0.25) is 0 Å². The average molecular weight is 401 g/mol. The van der Waals surface area contributed by atoms with Crippen molar-refractivity contribution in [3.8, 4) is 0 Å². The minimum Gasteiger partial charge on any atom is -0.336 e. The molecule has 3 rings (SSSR count). The molecule has 1 fully saturated rings. The lowest BCUT2D eigenvalue weighted by molar-refractivity contribution is 0.0641. The standard InChI is InChI=1S/C21H24N2O4S/c1-28(26,27)16-15-22-11-13-23(14-12-22)21(25)19-10-6-5-9-18(19)20(24)17-7-3-2-4-8-17/h2-10H,11-16H2,1H3. The van der Waals surface area contributed by atoms with E-state index >= 15 is 0 Å². The Kier molecular flexibility index (Phi) is 6.26. The SMILES string of the molecule is CS(=O)(=O)CCN1CCN(C(=O)c2ccccc2C(=O)c2ccccc2)CC1. The highest BCUT2D eigenvalue weighted by atomic mass is 32.2. The molecular formula is C21H24N2O4S. The normalized spacial score (nSPS) is 15.4. The average Bonchev–Trinajstić information content (AvgIpc) is 2.72. The van der Waals surface area contributed by atoms with E-state index < -0.39 is 9.84 Å². The quantitative estimate of drug-likeness (QED) is 0.691. The Bertz CT molecular complexity index is 949. The summed E-state index contributed by atoms with van der Waals surface area (Å²) in [7, 11) is -3.00. The van der Waals surface area contributed by atoms with Crippen LogP contribution in [-0.2, 0) is 9.84 Å². The van der Waals surface area contributed by atoms with Crippen molar-refractivity contribution < 1.29 is 18.0 Å². The number of hydrogen-bond acceptors (Lipinski definition) is 5. The first-order chi connectivity index (χ1) is 13.3. The van der Waals surface area contributed by atoms with Crippen molar-refractivity contribution in [1.82, 2.24) is 9.80 Å². The molecule has 1 aliphatic heterocycles. The van der Waals surface area contributed by atoms with E-state index in [-0.39, 0.29) is 17.4 Å². The molecule has 0 aliphatic carbocycles. The molecule has 2 aromatic carbocycles. The maximum Gasteiger partial charge on any atom is 0.254 e. The number of amides is 1. The molecule has 0 spiro atoms. The van der Waals surface area contributed by atoms with Crippen molar-refractivity contribution in [2.24, 2.45) is 0 Å². The van der Waals surface area contributed by atoms with E-state index in [4.69, 9.17) is 0 Å². The second-order valence-electron chi connectivity index (χ2n) is 7.00. The Hall–Kier alpha value is -2.51. The second-order valence-corrected chi connectivity index (χ2v) is 9.26. The third-order valence-electron chi connectivity index (χ3n) is 4.88. The fraction of sp³-hybridized carbons (Fsp3) is 0.333. The van der Waals surface area contributed by atoms with Crippen LogP contribution in [0, 0.1) is 0 Å². The van der Waals surface area contributed by atoms with Crippen LogP contribution < -0.4 is 0 Å². The first kappa shape index (κ1) is 20.2. The lowest BCUT2D eigenvalue weighted by Gasteiger charge is -2.34. The molecule has 1 saturated heterocycles. The topological polar surface area (TPSA) is 74.8 Å². The Balaban J connectivity index is 1.70. The highest BCUT2D eigenvalue weighted by Gasteiger charge is 2.25. The fourth-order valence-corrected chi connectivity index (χ4v) is 3.84. The van der Waals surface area contributed by atoms with E-state index in [0.717, 1.165) is 0 Å². The van der Waals surface area contributed by atoms with Gasteiger partial charge >= 0.3 is 0 Å². The van der Waals surface area contributed by atoms with Gasteiger partial charge in [-0.1, -0.05) is 48.5 Å². The maximum atomic E-state index is 13.0. The summed E-state index contributed by atoms with van der Waals surface area (Å²) in [5.41, 5.74) is 1.35. The van der Waals surface area contributed by atoms with Gasteiger partial charge < -0.3 is 4.90 Å². The number of sulfone groups is 1. The summed E-state index contributed by atoms with van der Waals surface area (Å²) in [6.45, 7) is 2.74. The third kappa shape index (κ3) is 5.05. The van der Waals surface area contributed by atoms with E-state index in [9.17, 15) is 18.0 Å². The van der Waals surface area contributed by atoms with Gasteiger partial charge in [0, 0.05) is 50.1 Å². The molecule has 2 aromatic rings. The summed E-state index contributed by atoms with van der Waals surface area (Å²) >= 11 is 0. The summed E-state index contributed by atoms with van der Waals surface area (Å²) in [4.78, 5) is 29.7. The number of piperazine rings is 1. The van der Waals surface area contributed by atoms with Gasteiger partial charge in [0.25, 0.3) is 5.91 Å². The van der Waals surface area contributed by atoms with E-state index in [1.54, 1.807) is 53.4 Å². The van der Waals surface area contributed by atoms with Crippen molar-refractivity contribution in [3.63, 3.8) is 0 Å². The zero-order valence-corrected chi connectivity index (χ0v) is 16.7. The molecule has 28 heavy (non-hydrogen) atoms. The van der Waals surface area contributed by atoms with Gasteiger partial charge in [-0.25, -0.2) is 8.42 Å². The summed E-state index contributed by atoms with van der Waals surface area (Å²) < 4.78 is 22.7. The fourth-order valence-electron chi connectivity index (χ4n) is 3.25. The largest absolute Gasteiger partial charge is 0.336 e. The lowest BCUT2D eigenvalue weighted by atomic mass is 9.97. The molecule has 148 valence electrons. The van der Waals surface area contributed by atoms with Gasteiger partial charge in [0.15, 0.2) is 5.78 Å². The van der Waals surface area contributed by atoms with Gasteiger partial charge in [-0.3, -0.25) is 14.5 Å². The number of rotatable bonds is 6. The molecular weight excluding hydrogens is 376 g/mol. The first-order valence-electron chi connectivity index (χ1n) is 9.23. The lowest BCUT2D eigenvalue weighted by Crippen LogP contribution is -2.49. The molecule has 0 bridgehead atoms. The highest BCUT2D eigenvalue weighted by molar-refractivity contribution is 7.90. The molecule has 6 nitrogen and oxygen atoms in total. The van der Waals surface area contributed by atoms with E-state index in [0.29, 0.717) is 49.4 Å². The summed E-state index contributed by atoms with van der Waals surface area (Å²) in [6.07, 6.45) is 1.23. The van der Waals surface area contributed by atoms with Crippen LogP contribution in [0.25, 0.3) is 0 Å². The Morgan fingerprint density at radius 3 is 2.04 bits per heavy atom. The number of ketones is 1. The molecule has 0 N–H and O–H groups in total. The predicted molar refractivity (Wildman–Crippen MR) is 108 cm³/mol. The van der Waals surface area contributed by atoms with E-state index in [2.05, 4.69) is 0 Å². The Morgan fingerprint density at radius 2 is 1.43 bits per heavy atom. The van der Waals surface area contributed by atoms with Crippen LogP contribution in [0.15, 0.2) is 54.6 Å². The maximum absolute atomic E-state index is 13.0. The minimum absolute atomic E-state index is 0.120. The molecule has 0 radical (unpaired) electrons. The number of hydrogen-bond donors (Lipinski definition) is 0. The van der Waals surface area contributed by atoms with Crippen LogP contribution >= 0.6 is 0 Å². The van der Waals surface area contributed by atoms with E-state index in [1.807, 2.05) is 11.0 Å². The molecule has 0 saturated carbocycles. The number of nitrogens with zero attached hydrogens (tertiary/aromatic N) is 2. The van der Waals surface area contributed by atoms with Crippen LogP contribution in [0.5, 0.6) is 0 Å². The zero-order chi connectivity index (χ0) is 20.1. The van der Waals surface area contributed by atoms with Gasteiger partial charge in [0.05, 0.1) is 11.3 Å². The second kappa shape index (κ2) is 8.67. The van der Waals surface area contributed by atoms with Gasteiger partial charge in [-0.05, 0) is 6.07 Å². The molecule has 1 amide bonds. The van der Waals surface area contributed by atoms with Crippen LogP contribution in [0.1, 0.15) is 26.3 Å². The summed E-state index contributed by atoms with van der Waals surface area (Å²) in [6, 6.07) is 15.8. The number of carbonyl (C=O) groups excluding carboxylic acids is 2. The number of benzene rings is 2. The number of carbonyl (C=O) groups is 2. The third-order valence-corrected chi connectivity index (χ3v) is 5.80.